The lowest BCUT2D eigenvalue weighted by Gasteiger charge is -2.28. The fourth-order valence-electron chi connectivity index (χ4n) is 3.83. The first-order valence-corrected chi connectivity index (χ1v) is 12.5. The molecule has 0 aliphatic carbocycles. The summed E-state index contributed by atoms with van der Waals surface area (Å²) in [6.45, 7) is 6.59. The number of ether oxygens (including phenoxy) is 2. The minimum Gasteiger partial charge on any atom is -0.491 e. The first-order valence-electron chi connectivity index (χ1n) is 11.6. The highest BCUT2D eigenvalue weighted by Crippen LogP contribution is 2.30. The van der Waals surface area contributed by atoms with Crippen molar-refractivity contribution in [2.24, 2.45) is 0 Å². The van der Waals surface area contributed by atoms with E-state index in [0.29, 0.717) is 24.0 Å². The van der Waals surface area contributed by atoms with Gasteiger partial charge in [-0.2, -0.15) is 0 Å². The molecule has 2 aromatic carbocycles. The van der Waals surface area contributed by atoms with E-state index in [9.17, 15) is 14.0 Å². The number of carbonyl (C=O) groups excluding carboxylic acids is 2. The molecule has 1 aliphatic heterocycles. The van der Waals surface area contributed by atoms with Crippen molar-refractivity contribution in [2.45, 2.75) is 45.3 Å². The van der Waals surface area contributed by atoms with Gasteiger partial charge in [-0.1, -0.05) is 23.5 Å². The summed E-state index contributed by atoms with van der Waals surface area (Å²) in [5, 5.41) is 3.57. The van der Waals surface area contributed by atoms with Crippen LogP contribution in [0, 0.1) is 5.82 Å². The summed E-state index contributed by atoms with van der Waals surface area (Å²) in [6.07, 6.45) is 1.46. The molecule has 1 aromatic heterocycles. The molecule has 4 rings (SSSR count). The second-order valence-corrected chi connectivity index (χ2v) is 10.5. The van der Waals surface area contributed by atoms with Crippen LogP contribution in [0.2, 0.25) is 0 Å². The molecule has 190 valence electrons. The van der Waals surface area contributed by atoms with E-state index in [1.54, 1.807) is 4.90 Å². The Labute approximate surface area is 213 Å². The van der Waals surface area contributed by atoms with E-state index in [4.69, 9.17) is 15.2 Å². The van der Waals surface area contributed by atoms with Crippen molar-refractivity contribution >= 4 is 39.9 Å². The molecule has 1 atom stereocenters. The van der Waals surface area contributed by atoms with Crippen LogP contribution < -0.4 is 15.8 Å². The Morgan fingerprint density at radius 1 is 1.22 bits per heavy atom. The summed E-state index contributed by atoms with van der Waals surface area (Å²) in [6, 6.07) is 12.7. The van der Waals surface area contributed by atoms with Gasteiger partial charge in [-0.05, 0) is 70.0 Å². The first kappa shape index (κ1) is 25.4. The number of thiazole rings is 1. The molecule has 3 N–H and O–H groups in total. The second kappa shape index (κ2) is 10.5. The summed E-state index contributed by atoms with van der Waals surface area (Å²) < 4.78 is 24.9. The van der Waals surface area contributed by atoms with Gasteiger partial charge in [0.25, 0.3) is 0 Å². The van der Waals surface area contributed by atoms with E-state index in [0.717, 1.165) is 29.9 Å². The van der Waals surface area contributed by atoms with Crippen LogP contribution >= 0.6 is 11.3 Å². The molecule has 1 amide bonds. The molecule has 1 aliphatic rings. The number of amides is 1. The number of likely N-dealkylation sites (tertiary alicyclic amines) is 1. The normalized spacial score (nSPS) is 15.6. The molecule has 1 unspecified atom stereocenters. The van der Waals surface area contributed by atoms with E-state index in [2.05, 4.69) is 10.3 Å². The van der Waals surface area contributed by atoms with Crippen LogP contribution in [-0.2, 0) is 4.74 Å². The fraction of sp³-hybridized carbons (Fsp3) is 0.346. The van der Waals surface area contributed by atoms with Crippen molar-refractivity contribution in [3.05, 3.63) is 64.8 Å². The molecule has 1 fully saturated rings. The zero-order chi connectivity index (χ0) is 25.9. The first-order chi connectivity index (χ1) is 17.1. The summed E-state index contributed by atoms with van der Waals surface area (Å²) in [5.41, 5.74) is 6.36. The number of anilines is 3. The van der Waals surface area contributed by atoms with E-state index in [1.807, 2.05) is 45.0 Å². The van der Waals surface area contributed by atoms with Crippen LogP contribution in [0.15, 0.2) is 48.5 Å². The predicted molar refractivity (Wildman–Crippen MR) is 138 cm³/mol. The summed E-state index contributed by atoms with van der Waals surface area (Å²) in [5.74, 6) is -0.122. The standard InChI is InChI=1S/C26H29FN4O4S/c1-26(2,3)35-25(33)31-13-5-8-19(31)15-34-20-11-9-18(10-12-20)29-24-30-23(28)22(36-24)21(32)16-6-4-7-17(27)14-16/h4,6-7,9-12,14,19H,5,8,13,15,28H2,1-3H3,(H,29,30). The number of aromatic nitrogens is 1. The number of nitrogens with two attached hydrogens (primary N) is 1. The van der Waals surface area contributed by atoms with Gasteiger partial charge in [0.15, 0.2) is 5.13 Å². The molecule has 0 bridgehead atoms. The Morgan fingerprint density at radius 3 is 2.67 bits per heavy atom. The minimum atomic E-state index is -0.538. The average molecular weight is 513 g/mol. The Bertz CT molecular complexity index is 1240. The number of carbonyl (C=O) groups is 2. The Kier molecular flexibility index (Phi) is 7.44. The number of benzene rings is 2. The molecular formula is C26H29FN4O4S. The number of hydrogen-bond donors (Lipinski definition) is 2. The zero-order valence-electron chi connectivity index (χ0n) is 20.4. The van der Waals surface area contributed by atoms with Crippen molar-refractivity contribution in [1.29, 1.82) is 0 Å². The fourth-order valence-corrected chi connectivity index (χ4v) is 4.70. The van der Waals surface area contributed by atoms with Gasteiger partial charge in [-0.15, -0.1) is 0 Å². The van der Waals surface area contributed by atoms with Gasteiger partial charge < -0.3 is 25.4 Å². The van der Waals surface area contributed by atoms with Crippen LogP contribution in [0.4, 0.5) is 25.8 Å². The van der Waals surface area contributed by atoms with Crippen LogP contribution in [0.1, 0.15) is 48.8 Å². The number of hydrogen-bond acceptors (Lipinski definition) is 8. The summed E-state index contributed by atoms with van der Waals surface area (Å²) >= 11 is 1.10. The molecule has 0 spiro atoms. The Morgan fingerprint density at radius 2 is 1.97 bits per heavy atom. The van der Waals surface area contributed by atoms with E-state index in [-0.39, 0.29) is 34.2 Å². The van der Waals surface area contributed by atoms with Gasteiger partial charge >= 0.3 is 6.09 Å². The number of halogens is 1. The van der Waals surface area contributed by atoms with Crippen molar-refractivity contribution in [3.63, 3.8) is 0 Å². The lowest BCUT2D eigenvalue weighted by atomic mass is 10.1. The molecule has 10 heteroatoms. The van der Waals surface area contributed by atoms with Crippen LogP contribution in [-0.4, -0.2) is 46.6 Å². The van der Waals surface area contributed by atoms with Gasteiger partial charge in [0.1, 0.15) is 34.5 Å². The number of nitrogens with one attached hydrogen (secondary N) is 1. The lowest BCUT2D eigenvalue weighted by molar-refractivity contribution is 0.0187. The Hall–Kier alpha value is -3.66. The minimum absolute atomic E-state index is 0.0370. The third-order valence-electron chi connectivity index (χ3n) is 5.50. The zero-order valence-corrected chi connectivity index (χ0v) is 21.2. The molecule has 0 saturated carbocycles. The SMILES string of the molecule is CC(C)(C)OC(=O)N1CCCC1COc1ccc(Nc2nc(N)c(C(=O)c3cccc(F)c3)s2)cc1. The highest BCUT2D eigenvalue weighted by atomic mass is 32.1. The van der Waals surface area contributed by atoms with Gasteiger partial charge in [-0.3, -0.25) is 4.79 Å². The van der Waals surface area contributed by atoms with E-state index < -0.39 is 11.4 Å². The van der Waals surface area contributed by atoms with Crippen LogP contribution in [0.3, 0.4) is 0 Å². The predicted octanol–water partition coefficient (Wildman–Crippen LogP) is 5.62. The molecule has 36 heavy (non-hydrogen) atoms. The monoisotopic (exact) mass is 512 g/mol. The number of nitrogens with zero attached hydrogens (tertiary/aromatic N) is 2. The van der Waals surface area contributed by atoms with Crippen molar-refractivity contribution in [3.8, 4) is 5.75 Å². The van der Waals surface area contributed by atoms with Crippen molar-refractivity contribution < 1.29 is 23.5 Å². The smallest absolute Gasteiger partial charge is 0.410 e. The molecule has 0 radical (unpaired) electrons. The van der Waals surface area contributed by atoms with Gasteiger partial charge in [-0.25, -0.2) is 14.2 Å². The van der Waals surface area contributed by atoms with Gasteiger partial charge in [0, 0.05) is 17.8 Å². The molecule has 2 heterocycles. The highest BCUT2D eigenvalue weighted by Gasteiger charge is 2.32. The molecule has 1 saturated heterocycles. The highest BCUT2D eigenvalue weighted by molar-refractivity contribution is 7.18. The van der Waals surface area contributed by atoms with Crippen molar-refractivity contribution in [1.82, 2.24) is 9.88 Å². The molecular weight excluding hydrogens is 483 g/mol. The third-order valence-corrected chi connectivity index (χ3v) is 6.48. The maximum atomic E-state index is 13.5. The Balaban J connectivity index is 1.34. The molecule has 8 nitrogen and oxygen atoms in total. The average Bonchev–Trinajstić information content (AvgIpc) is 3.43. The maximum absolute atomic E-state index is 13.5. The van der Waals surface area contributed by atoms with Gasteiger partial charge in [0.05, 0.1) is 6.04 Å². The number of ketones is 1. The van der Waals surface area contributed by atoms with E-state index >= 15 is 0 Å². The maximum Gasteiger partial charge on any atom is 0.410 e. The van der Waals surface area contributed by atoms with Crippen molar-refractivity contribution in [2.75, 3.05) is 24.2 Å². The van der Waals surface area contributed by atoms with E-state index in [1.165, 1.54) is 24.3 Å². The third kappa shape index (κ3) is 6.31. The summed E-state index contributed by atoms with van der Waals surface area (Å²) in [7, 11) is 0. The number of nitrogen functional groups attached to an aromatic ring is 1. The van der Waals surface area contributed by atoms with Gasteiger partial charge in [0.2, 0.25) is 5.78 Å². The molecule has 3 aromatic rings. The quantitative estimate of drug-likeness (QED) is 0.396. The topological polar surface area (TPSA) is 107 Å². The summed E-state index contributed by atoms with van der Waals surface area (Å²) in [4.78, 5) is 31.3. The number of rotatable bonds is 7. The van der Waals surface area contributed by atoms with Crippen LogP contribution in [0.5, 0.6) is 5.75 Å². The lowest BCUT2D eigenvalue weighted by Crippen LogP contribution is -2.42. The van der Waals surface area contributed by atoms with Crippen LogP contribution in [0.25, 0.3) is 0 Å². The second-order valence-electron chi connectivity index (χ2n) is 9.50. The largest absolute Gasteiger partial charge is 0.491 e.